The number of methoxy groups -OCH3 is 2. The highest BCUT2D eigenvalue weighted by Crippen LogP contribution is 2.30. The molecule has 1 fully saturated rings. The lowest BCUT2D eigenvalue weighted by Crippen LogP contribution is -3.15. The maximum atomic E-state index is 12.9. The number of benzene rings is 1. The van der Waals surface area contributed by atoms with Crippen LogP contribution in [0.1, 0.15) is 13.8 Å². The quantitative estimate of drug-likeness (QED) is 0.665. The monoisotopic (exact) mass is 400 g/mol. The Balaban J connectivity index is 2.03. The van der Waals surface area contributed by atoms with Crippen molar-refractivity contribution in [2.45, 2.75) is 24.8 Å². The number of likely N-dealkylation sites (N-methyl/N-ethyl adjacent to an activating group) is 1. The van der Waals surface area contributed by atoms with Crippen molar-refractivity contribution >= 4 is 15.9 Å². The van der Waals surface area contributed by atoms with Gasteiger partial charge in [-0.2, -0.15) is 4.31 Å². The minimum absolute atomic E-state index is 0.0798. The highest BCUT2D eigenvalue weighted by atomic mass is 32.2. The number of ether oxygens (including phenoxy) is 2. The molecule has 8 nitrogen and oxygen atoms in total. The van der Waals surface area contributed by atoms with E-state index in [0.29, 0.717) is 44.2 Å². The van der Waals surface area contributed by atoms with E-state index in [4.69, 9.17) is 9.47 Å². The van der Waals surface area contributed by atoms with Crippen LogP contribution in [0.25, 0.3) is 0 Å². The Morgan fingerprint density at radius 2 is 1.78 bits per heavy atom. The van der Waals surface area contributed by atoms with Crippen LogP contribution in [0.5, 0.6) is 11.5 Å². The molecule has 1 amide bonds. The second-order valence-electron chi connectivity index (χ2n) is 6.95. The zero-order valence-electron chi connectivity index (χ0n) is 16.7. The largest absolute Gasteiger partial charge is 0.493 e. The van der Waals surface area contributed by atoms with Gasteiger partial charge in [-0.05, 0) is 26.0 Å². The first kappa shape index (κ1) is 21.5. The lowest BCUT2D eigenvalue weighted by Gasteiger charge is -2.32. The molecule has 0 spiro atoms. The second kappa shape index (κ2) is 8.90. The fraction of sp³-hybridized carbons (Fsp3) is 0.611. The van der Waals surface area contributed by atoms with Gasteiger partial charge in [0.15, 0.2) is 18.0 Å². The van der Waals surface area contributed by atoms with Gasteiger partial charge >= 0.3 is 0 Å². The second-order valence-corrected chi connectivity index (χ2v) is 8.88. The third-order valence-electron chi connectivity index (χ3n) is 4.99. The molecule has 1 aromatic rings. The van der Waals surface area contributed by atoms with E-state index in [9.17, 15) is 13.2 Å². The van der Waals surface area contributed by atoms with E-state index in [-0.39, 0.29) is 16.8 Å². The molecule has 1 aliphatic rings. The lowest BCUT2D eigenvalue weighted by atomic mass is 10.3. The Kier molecular flexibility index (Phi) is 7.07. The van der Waals surface area contributed by atoms with Crippen molar-refractivity contribution in [2.75, 3.05) is 54.0 Å². The van der Waals surface area contributed by atoms with Crippen LogP contribution in [0.15, 0.2) is 23.1 Å². The molecule has 9 heteroatoms. The van der Waals surface area contributed by atoms with Crippen molar-refractivity contribution in [1.29, 1.82) is 0 Å². The summed E-state index contributed by atoms with van der Waals surface area (Å²) < 4.78 is 37.7. The van der Waals surface area contributed by atoms with Crippen molar-refractivity contribution in [1.82, 2.24) is 9.21 Å². The molecule has 2 rings (SSSR count). The molecule has 0 radical (unpaired) electrons. The molecule has 0 saturated carbocycles. The summed E-state index contributed by atoms with van der Waals surface area (Å²) in [5.41, 5.74) is 0. The van der Waals surface area contributed by atoms with E-state index in [1.807, 2.05) is 13.8 Å². The number of nitrogens with one attached hydrogen (secondary N) is 1. The topological polar surface area (TPSA) is 80.6 Å². The fourth-order valence-corrected chi connectivity index (χ4v) is 4.43. The first-order chi connectivity index (χ1) is 12.7. The first-order valence-corrected chi connectivity index (χ1v) is 10.5. The number of carbonyl (C=O) groups is 1. The number of quaternary nitrogens is 1. The highest BCUT2D eigenvalue weighted by Gasteiger charge is 2.32. The van der Waals surface area contributed by atoms with Gasteiger partial charge in [-0.15, -0.1) is 0 Å². The molecule has 152 valence electrons. The minimum atomic E-state index is -3.61. The Morgan fingerprint density at radius 3 is 2.30 bits per heavy atom. The Hall–Kier alpha value is -1.84. The number of rotatable bonds is 7. The molecule has 1 N–H and O–H groups in total. The van der Waals surface area contributed by atoms with Crippen molar-refractivity contribution in [3.63, 3.8) is 0 Å². The van der Waals surface area contributed by atoms with E-state index < -0.39 is 10.0 Å². The Morgan fingerprint density at radius 1 is 1.19 bits per heavy atom. The number of amides is 1. The van der Waals surface area contributed by atoms with Crippen LogP contribution in [0.2, 0.25) is 0 Å². The number of piperazine rings is 1. The number of nitrogens with zero attached hydrogens (tertiary/aromatic N) is 2. The minimum Gasteiger partial charge on any atom is -0.493 e. The zero-order chi connectivity index (χ0) is 20.2. The van der Waals surface area contributed by atoms with Gasteiger partial charge in [0.2, 0.25) is 10.0 Å². The van der Waals surface area contributed by atoms with Gasteiger partial charge in [0.25, 0.3) is 5.91 Å². The van der Waals surface area contributed by atoms with Gasteiger partial charge in [-0.1, -0.05) is 0 Å². The van der Waals surface area contributed by atoms with E-state index in [2.05, 4.69) is 0 Å². The highest BCUT2D eigenvalue weighted by molar-refractivity contribution is 7.89. The van der Waals surface area contributed by atoms with E-state index >= 15 is 0 Å². The van der Waals surface area contributed by atoms with Gasteiger partial charge in [0.1, 0.15) is 0 Å². The van der Waals surface area contributed by atoms with Gasteiger partial charge in [-0.3, -0.25) is 4.79 Å². The summed E-state index contributed by atoms with van der Waals surface area (Å²) in [5.74, 6) is 0.944. The molecule has 0 unspecified atom stereocenters. The van der Waals surface area contributed by atoms with Gasteiger partial charge in [-0.25, -0.2) is 8.42 Å². The number of carbonyl (C=O) groups excluding carboxylic acids is 1. The summed E-state index contributed by atoms with van der Waals surface area (Å²) in [5, 5.41) is 0. The third-order valence-corrected chi connectivity index (χ3v) is 6.89. The molecule has 1 aliphatic heterocycles. The molecular weight excluding hydrogens is 370 g/mol. The molecule has 0 aromatic heterocycles. The van der Waals surface area contributed by atoms with Crippen molar-refractivity contribution < 1.29 is 27.6 Å². The van der Waals surface area contributed by atoms with Crippen LogP contribution >= 0.6 is 0 Å². The maximum absolute atomic E-state index is 12.9. The first-order valence-electron chi connectivity index (χ1n) is 9.02. The average Bonchev–Trinajstić information content (AvgIpc) is 2.66. The summed E-state index contributed by atoms with van der Waals surface area (Å²) in [7, 11) is 1.16. The molecule has 1 aromatic carbocycles. The van der Waals surface area contributed by atoms with Crippen LogP contribution in [0, 0.1) is 0 Å². The predicted molar refractivity (Wildman–Crippen MR) is 102 cm³/mol. The number of hydrogen-bond acceptors (Lipinski definition) is 5. The zero-order valence-corrected chi connectivity index (χ0v) is 17.5. The van der Waals surface area contributed by atoms with Crippen LogP contribution in [-0.2, 0) is 14.8 Å². The summed E-state index contributed by atoms with van der Waals surface area (Å²) >= 11 is 0. The van der Waals surface area contributed by atoms with E-state index in [0.717, 1.165) is 4.90 Å². The molecule has 1 heterocycles. The number of hydrogen-bond donors (Lipinski definition) is 1. The maximum Gasteiger partial charge on any atom is 0.277 e. The third kappa shape index (κ3) is 4.91. The summed E-state index contributed by atoms with van der Waals surface area (Å²) in [6.07, 6.45) is 0. The van der Waals surface area contributed by atoms with Crippen LogP contribution in [0.3, 0.4) is 0 Å². The fourth-order valence-electron chi connectivity index (χ4n) is 2.97. The molecule has 1 saturated heterocycles. The lowest BCUT2D eigenvalue weighted by molar-refractivity contribution is -0.896. The van der Waals surface area contributed by atoms with Gasteiger partial charge in [0.05, 0.1) is 45.3 Å². The molecular formula is C18H30N3O5S+. The van der Waals surface area contributed by atoms with Gasteiger partial charge < -0.3 is 19.3 Å². The van der Waals surface area contributed by atoms with E-state index in [1.165, 1.54) is 30.7 Å². The summed E-state index contributed by atoms with van der Waals surface area (Å²) in [6.45, 7) is 6.30. The smallest absolute Gasteiger partial charge is 0.277 e. The van der Waals surface area contributed by atoms with Gasteiger partial charge in [0, 0.05) is 19.2 Å². The number of sulfonamides is 1. The SMILES string of the molecule is COc1ccc(S(=O)(=O)N2CC[NH+](CC(=O)N(C)C(C)C)CC2)cc1OC. The molecule has 27 heavy (non-hydrogen) atoms. The van der Waals surface area contributed by atoms with Crippen LogP contribution in [0.4, 0.5) is 0 Å². The normalized spacial score (nSPS) is 16.4. The Bertz CT molecular complexity index is 758. The Labute approximate surface area is 161 Å². The summed E-state index contributed by atoms with van der Waals surface area (Å²) in [6, 6.07) is 4.75. The van der Waals surface area contributed by atoms with Crippen molar-refractivity contribution in [3.05, 3.63) is 18.2 Å². The van der Waals surface area contributed by atoms with Crippen molar-refractivity contribution in [3.8, 4) is 11.5 Å². The van der Waals surface area contributed by atoms with E-state index in [1.54, 1.807) is 18.0 Å². The van der Waals surface area contributed by atoms with Crippen LogP contribution < -0.4 is 14.4 Å². The average molecular weight is 401 g/mol. The molecule has 0 aliphatic carbocycles. The molecule has 0 atom stereocenters. The van der Waals surface area contributed by atoms with Crippen molar-refractivity contribution in [2.24, 2.45) is 0 Å². The summed E-state index contributed by atoms with van der Waals surface area (Å²) in [4.78, 5) is 15.2. The standard InChI is InChI=1S/C18H29N3O5S/c1-14(2)19(3)18(22)13-20-8-10-21(11-9-20)27(23,24)15-6-7-16(25-4)17(12-15)26-5/h6-7,12,14H,8-11,13H2,1-5H3/p+1. The van der Waals surface area contributed by atoms with Crippen LogP contribution in [-0.4, -0.2) is 83.6 Å². The predicted octanol–water partition coefficient (Wildman–Crippen LogP) is -0.540. The molecule has 0 bridgehead atoms.